The Bertz CT molecular complexity index is 665. The number of aromatic nitrogens is 2. The second kappa shape index (κ2) is 7.25. The lowest BCUT2D eigenvalue weighted by Gasteiger charge is -2.16. The lowest BCUT2D eigenvalue weighted by molar-refractivity contribution is 0.250. The van der Waals surface area contributed by atoms with Gasteiger partial charge in [0.2, 0.25) is 5.95 Å². The van der Waals surface area contributed by atoms with E-state index in [0.717, 1.165) is 37.4 Å². The zero-order valence-corrected chi connectivity index (χ0v) is 14.6. The van der Waals surface area contributed by atoms with Crippen LogP contribution >= 0.6 is 15.9 Å². The van der Waals surface area contributed by atoms with Gasteiger partial charge in [0.15, 0.2) is 11.6 Å². The van der Waals surface area contributed by atoms with Crippen LogP contribution in [0.5, 0.6) is 5.75 Å². The quantitative estimate of drug-likeness (QED) is 0.790. The third-order valence-corrected chi connectivity index (χ3v) is 4.53. The Morgan fingerprint density at radius 2 is 2.13 bits per heavy atom. The van der Waals surface area contributed by atoms with Crippen LogP contribution in [0.15, 0.2) is 35.1 Å². The molecule has 1 aromatic carbocycles. The van der Waals surface area contributed by atoms with Crippen LogP contribution in [0.3, 0.4) is 0 Å². The molecule has 122 valence electrons. The number of anilines is 1. The summed E-state index contributed by atoms with van der Waals surface area (Å²) < 4.78 is 20.1. The molecule has 1 aliphatic heterocycles. The zero-order valence-electron chi connectivity index (χ0n) is 13.0. The average molecular weight is 380 g/mol. The van der Waals surface area contributed by atoms with Crippen LogP contribution in [0.25, 0.3) is 0 Å². The maximum atomic E-state index is 13.8. The summed E-state index contributed by atoms with van der Waals surface area (Å²) in [4.78, 5) is 11.0. The molecular formula is C17H19BrFN3O. The van der Waals surface area contributed by atoms with Crippen LogP contribution in [0.2, 0.25) is 0 Å². The number of halogens is 2. The number of nitrogens with zero attached hydrogens (tertiary/aromatic N) is 3. The molecule has 2 heterocycles. The van der Waals surface area contributed by atoms with Gasteiger partial charge in [-0.2, -0.15) is 0 Å². The van der Waals surface area contributed by atoms with Gasteiger partial charge in [0.1, 0.15) is 0 Å². The highest BCUT2D eigenvalue weighted by molar-refractivity contribution is 9.10. The number of ether oxygens (including phenoxy) is 1. The van der Waals surface area contributed by atoms with Crippen LogP contribution in [0.1, 0.15) is 18.9 Å². The van der Waals surface area contributed by atoms with Gasteiger partial charge in [0.25, 0.3) is 0 Å². The summed E-state index contributed by atoms with van der Waals surface area (Å²) in [6.07, 6.45) is 5.69. The van der Waals surface area contributed by atoms with Crippen molar-refractivity contribution in [3.05, 3.63) is 46.4 Å². The van der Waals surface area contributed by atoms with Crippen molar-refractivity contribution in [1.29, 1.82) is 0 Å². The standard InChI is InChI=1S/C17H19BrFN3O/c1-2-12-8-20-17(21-9-12)22-6-5-13(10-22)11-23-16-4-3-14(18)7-15(16)19/h3-4,7-9,13H,2,5-6,10-11H2,1H3. The Balaban J connectivity index is 1.55. The van der Waals surface area contributed by atoms with Gasteiger partial charge in [0.05, 0.1) is 6.61 Å². The fraction of sp³-hybridized carbons (Fsp3) is 0.412. The lowest BCUT2D eigenvalue weighted by atomic mass is 10.1. The molecule has 2 aromatic rings. The molecule has 0 N–H and O–H groups in total. The van der Waals surface area contributed by atoms with Crippen molar-refractivity contribution in [2.24, 2.45) is 5.92 Å². The maximum absolute atomic E-state index is 13.8. The van der Waals surface area contributed by atoms with Crippen molar-refractivity contribution in [3.8, 4) is 5.75 Å². The molecule has 0 radical (unpaired) electrons. The highest BCUT2D eigenvalue weighted by Crippen LogP contribution is 2.25. The number of hydrogen-bond donors (Lipinski definition) is 0. The molecule has 1 fully saturated rings. The number of benzene rings is 1. The summed E-state index contributed by atoms with van der Waals surface area (Å²) in [5.74, 6) is 1.08. The predicted octanol–water partition coefficient (Wildman–Crippen LogP) is 3.85. The Hall–Kier alpha value is -1.69. The van der Waals surface area contributed by atoms with Gasteiger partial charge in [-0.3, -0.25) is 0 Å². The van der Waals surface area contributed by atoms with Crippen molar-refractivity contribution in [2.75, 3.05) is 24.6 Å². The molecule has 1 unspecified atom stereocenters. The topological polar surface area (TPSA) is 38.2 Å². The maximum Gasteiger partial charge on any atom is 0.225 e. The molecule has 1 aliphatic rings. The summed E-state index contributed by atoms with van der Waals surface area (Å²) in [6, 6.07) is 4.85. The first-order valence-electron chi connectivity index (χ1n) is 7.79. The molecule has 0 bridgehead atoms. The molecule has 0 spiro atoms. The van der Waals surface area contributed by atoms with Gasteiger partial charge in [-0.05, 0) is 36.6 Å². The predicted molar refractivity (Wildman–Crippen MR) is 91.3 cm³/mol. The van der Waals surface area contributed by atoms with Crippen LogP contribution in [-0.2, 0) is 6.42 Å². The Morgan fingerprint density at radius 1 is 1.35 bits per heavy atom. The molecular weight excluding hydrogens is 361 g/mol. The summed E-state index contributed by atoms with van der Waals surface area (Å²) >= 11 is 3.24. The molecule has 1 aromatic heterocycles. The first-order valence-corrected chi connectivity index (χ1v) is 8.58. The van der Waals surface area contributed by atoms with Crippen molar-refractivity contribution in [1.82, 2.24) is 9.97 Å². The molecule has 23 heavy (non-hydrogen) atoms. The van der Waals surface area contributed by atoms with Crippen LogP contribution < -0.4 is 9.64 Å². The zero-order chi connectivity index (χ0) is 16.2. The van der Waals surface area contributed by atoms with E-state index in [0.29, 0.717) is 22.7 Å². The minimum absolute atomic E-state index is 0.301. The highest BCUT2D eigenvalue weighted by Gasteiger charge is 2.25. The molecule has 0 aliphatic carbocycles. The van der Waals surface area contributed by atoms with Gasteiger partial charge in [0, 0.05) is 35.9 Å². The number of hydrogen-bond acceptors (Lipinski definition) is 4. The third kappa shape index (κ3) is 3.99. The summed E-state index contributed by atoms with van der Waals surface area (Å²) in [5, 5.41) is 0. The number of aryl methyl sites for hydroxylation is 1. The molecule has 1 atom stereocenters. The van der Waals surface area contributed by atoms with Crippen molar-refractivity contribution >= 4 is 21.9 Å². The smallest absolute Gasteiger partial charge is 0.225 e. The summed E-state index contributed by atoms with van der Waals surface area (Å²) in [7, 11) is 0. The van der Waals surface area contributed by atoms with Gasteiger partial charge >= 0.3 is 0 Å². The van der Waals surface area contributed by atoms with Gasteiger partial charge in [-0.25, -0.2) is 14.4 Å². The minimum Gasteiger partial charge on any atom is -0.490 e. The molecule has 6 heteroatoms. The normalized spacial score (nSPS) is 17.5. The largest absolute Gasteiger partial charge is 0.490 e. The summed E-state index contributed by atoms with van der Waals surface area (Å²) in [6.45, 7) is 4.33. The van der Waals surface area contributed by atoms with E-state index < -0.39 is 0 Å². The minimum atomic E-state index is -0.340. The van der Waals surface area contributed by atoms with Gasteiger partial charge < -0.3 is 9.64 Å². The summed E-state index contributed by atoms with van der Waals surface area (Å²) in [5.41, 5.74) is 1.14. The van der Waals surface area contributed by atoms with E-state index in [1.807, 2.05) is 12.4 Å². The van der Waals surface area contributed by atoms with Crippen LogP contribution in [0, 0.1) is 11.7 Å². The van der Waals surface area contributed by atoms with Crippen molar-refractivity contribution in [2.45, 2.75) is 19.8 Å². The molecule has 4 nitrogen and oxygen atoms in total. The van der Waals surface area contributed by atoms with Crippen molar-refractivity contribution < 1.29 is 9.13 Å². The molecule has 0 amide bonds. The van der Waals surface area contributed by atoms with Crippen LogP contribution in [-0.4, -0.2) is 29.7 Å². The number of rotatable bonds is 5. The van der Waals surface area contributed by atoms with E-state index in [1.165, 1.54) is 6.07 Å². The second-order valence-electron chi connectivity index (χ2n) is 5.73. The fourth-order valence-corrected chi connectivity index (χ4v) is 2.98. The van der Waals surface area contributed by atoms with E-state index in [9.17, 15) is 4.39 Å². The van der Waals surface area contributed by atoms with Gasteiger partial charge in [-0.15, -0.1) is 0 Å². The molecule has 0 saturated carbocycles. The fourth-order valence-electron chi connectivity index (χ4n) is 2.64. The van der Waals surface area contributed by atoms with E-state index in [-0.39, 0.29) is 5.82 Å². The monoisotopic (exact) mass is 379 g/mol. The third-order valence-electron chi connectivity index (χ3n) is 4.04. The van der Waals surface area contributed by atoms with E-state index in [2.05, 4.69) is 37.7 Å². The second-order valence-corrected chi connectivity index (χ2v) is 6.65. The molecule has 1 saturated heterocycles. The Labute approximate surface area is 143 Å². The van der Waals surface area contributed by atoms with Gasteiger partial charge in [-0.1, -0.05) is 22.9 Å². The lowest BCUT2D eigenvalue weighted by Crippen LogP contribution is -2.23. The Kier molecular flexibility index (Phi) is 5.10. The molecule has 3 rings (SSSR count). The van der Waals surface area contributed by atoms with Crippen molar-refractivity contribution in [3.63, 3.8) is 0 Å². The first kappa shape index (κ1) is 16.2. The SMILES string of the molecule is CCc1cnc(N2CCC(COc3ccc(Br)cc3F)C2)nc1. The van der Waals surface area contributed by atoms with E-state index >= 15 is 0 Å². The van der Waals surface area contributed by atoms with Crippen LogP contribution in [0.4, 0.5) is 10.3 Å². The average Bonchev–Trinajstić information content (AvgIpc) is 3.03. The van der Waals surface area contributed by atoms with E-state index in [4.69, 9.17) is 4.74 Å². The van der Waals surface area contributed by atoms with E-state index in [1.54, 1.807) is 12.1 Å². The Morgan fingerprint density at radius 3 is 2.83 bits per heavy atom. The first-order chi connectivity index (χ1) is 11.2. The highest BCUT2D eigenvalue weighted by atomic mass is 79.9.